The number of carbonyl (C=O) groups is 3. The van der Waals surface area contributed by atoms with E-state index in [2.05, 4.69) is 10.6 Å². The highest BCUT2D eigenvalue weighted by Gasteiger charge is 2.14. The summed E-state index contributed by atoms with van der Waals surface area (Å²) >= 11 is 0. The quantitative estimate of drug-likeness (QED) is 0.587. The number of fused-ring (bicyclic) bond motifs is 1. The van der Waals surface area contributed by atoms with E-state index in [0.29, 0.717) is 5.69 Å². The summed E-state index contributed by atoms with van der Waals surface area (Å²) in [6.45, 7) is 2.99. The summed E-state index contributed by atoms with van der Waals surface area (Å²) in [5.74, 6) is -1.01. The van der Waals surface area contributed by atoms with Gasteiger partial charge in [-0.2, -0.15) is 0 Å². The maximum Gasteiger partial charge on any atom is 0.310 e. The molecule has 2 amide bonds. The van der Waals surface area contributed by atoms with Gasteiger partial charge in [-0.15, -0.1) is 0 Å². The summed E-state index contributed by atoms with van der Waals surface area (Å²) in [7, 11) is 0. The predicted molar refractivity (Wildman–Crippen MR) is 116 cm³/mol. The number of hydrogen-bond donors (Lipinski definition) is 2. The molecular formula is C24H24N2O4. The lowest BCUT2D eigenvalue weighted by atomic mass is 10.00. The maximum absolute atomic E-state index is 12.2. The van der Waals surface area contributed by atoms with Gasteiger partial charge >= 0.3 is 5.97 Å². The second kappa shape index (κ2) is 9.69. The fourth-order valence-corrected chi connectivity index (χ4v) is 3.26. The van der Waals surface area contributed by atoms with Crippen molar-refractivity contribution in [1.29, 1.82) is 0 Å². The molecule has 0 radical (unpaired) electrons. The van der Waals surface area contributed by atoms with Gasteiger partial charge in [0.25, 0.3) is 5.91 Å². The van der Waals surface area contributed by atoms with Crippen molar-refractivity contribution in [1.82, 2.24) is 5.32 Å². The summed E-state index contributed by atoms with van der Waals surface area (Å²) in [6.07, 6.45) is 0.0481. The van der Waals surface area contributed by atoms with Gasteiger partial charge in [-0.25, -0.2) is 0 Å². The number of carbonyl (C=O) groups excluding carboxylic acids is 3. The van der Waals surface area contributed by atoms with Gasteiger partial charge in [-0.3, -0.25) is 14.4 Å². The van der Waals surface area contributed by atoms with Crippen molar-refractivity contribution >= 4 is 34.2 Å². The highest BCUT2D eigenvalue weighted by molar-refractivity contribution is 5.89. The third-order valence-corrected chi connectivity index (χ3v) is 4.65. The number of ether oxygens (including phenoxy) is 1. The molecule has 154 valence electrons. The molecule has 3 rings (SSSR count). The van der Waals surface area contributed by atoms with Crippen LogP contribution >= 0.6 is 0 Å². The monoisotopic (exact) mass is 404 g/mol. The molecular weight excluding hydrogens is 380 g/mol. The molecule has 6 nitrogen and oxygen atoms in total. The van der Waals surface area contributed by atoms with Crippen molar-refractivity contribution in [2.75, 3.05) is 11.9 Å². The molecule has 1 atom stereocenters. The van der Waals surface area contributed by atoms with Crippen LogP contribution in [0.1, 0.15) is 31.0 Å². The van der Waals surface area contributed by atoms with Crippen molar-refractivity contribution in [2.24, 2.45) is 0 Å². The van der Waals surface area contributed by atoms with E-state index in [9.17, 15) is 14.4 Å². The molecule has 3 aromatic carbocycles. The number of esters is 1. The van der Waals surface area contributed by atoms with E-state index in [1.165, 1.54) is 6.92 Å². The van der Waals surface area contributed by atoms with Crippen LogP contribution in [0, 0.1) is 0 Å². The molecule has 30 heavy (non-hydrogen) atoms. The van der Waals surface area contributed by atoms with Gasteiger partial charge in [0.2, 0.25) is 5.91 Å². The first-order chi connectivity index (χ1) is 14.4. The summed E-state index contributed by atoms with van der Waals surface area (Å²) in [4.78, 5) is 35.3. The minimum Gasteiger partial charge on any atom is -0.455 e. The Balaban J connectivity index is 1.50. The highest BCUT2D eigenvalue weighted by atomic mass is 16.5. The second-order valence-electron chi connectivity index (χ2n) is 7.07. The Morgan fingerprint density at radius 2 is 1.63 bits per heavy atom. The van der Waals surface area contributed by atoms with Crippen molar-refractivity contribution in [3.63, 3.8) is 0 Å². The van der Waals surface area contributed by atoms with Gasteiger partial charge in [0, 0.05) is 12.6 Å². The number of amides is 2. The molecule has 0 fully saturated rings. The first kappa shape index (κ1) is 21.0. The second-order valence-corrected chi connectivity index (χ2v) is 7.07. The molecule has 0 unspecified atom stereocenters. The Hall–Kier alpha value is -3.67. The average molecular weight is 404 g/mol. The summed E-state index contributed by atoms with van der Waals surface area (Å²) < 4.78 is 5.11. The fraction of sp³-hybridized carbons (Fsp3) is 0.208. The van der Waals surface area contributed by atoms with E-state index in [-0.39, 0.29) is 30.9 Å². The SMILES string of the molecule is CC(=O)Nc1ccc(CC(=O)OCC(=O)N[C@@H](C)c2cccc3ccccc23)cc1. The van der Waals surface area contributed by atoms with Crippen LogP contribution in [-0.4, -0.2) is 24.4 Å². The van der Waals surface area contributed by atoms with Gasteiger partial charge in [-0.1, -0.05) is 54.6 Å². The maximum atomic E-state index is 12.2. The molecule has 0 saturated heterocycles. The molecule has 0 aliphatic carbocycles. The zero-order chi connectivity index (χ0) is 21.5. The minimum atomic E-state index is -0.491. The Bertz CT molecular complexity index is 1050. The van der Waals surface area contributed by atoms with E-state index in [1.807, 2.05) is 49.4 Å². The lowest BCUT2D eigenvalue weighted by Crippen LogP contribution is -2.31. The Morgan fingerprint density at radius 1 is 0.933 bits per heavy atom. The Kier molecular flexibility index (Phi) is 6.80. The van der Waals surface area contributed by atoms with E-state index < -0.39 is 5.97 Å². The van der Waals surface area contributed by atoms with E-state index in [0.717, 1.165) is 21.9 Å². The molecule has 0 aliphatic heterocycles. The van der Waals surface area contributed by atoms with Crippen LogP contribution in [0.25, 0.3) is 10.8 Å². The molecule has 6 heteroatoms. The predicted octanol–water partition coefficient (Wildman–Crippen LogP) is 3.76. The third-order valence-electron chi connectivity index (χ3n) is 4.65. The van der Waals surface area contributed by atoms with Crippen LogP contribution in [0.5, 0.6) is 0 Å². The highest BCUT2D eigenvalue weighted by Crippen LogP contribution is 2.23. The molecule has 0 heterocycles. The lowest BCUT2D eigenvalue weighted by Gasteiger charge is -2.16. The van der Waals surface area contributed by atoms with E-state index >= 15 is 0 Å². The molecule has 0 saturated carbocycles. The molecule has 0 aromatic heterocycles. The molecule has 3 aromatic rings. The van der Waals surface area contributed by atoms with Crippen molar-refractivity contribution in [3.8, 4) is 0 Å². The molecule has 2 N–H and O–H groups in total. The molecule has 0 bridgehead atoms. The number of benzene rings is 3. The van der Waals surface area contributed by atoms with Crippen molar-refractivity contribution < 1.29 is 19.1 Å². The lowest BCUT2D eigenvalue weighted by molar-refractivity contribution is -0.148. The number of hydrogen-bond acceptors (Lipinski definition) is 4. The summed E-state index contributed by atoms with van der Waals surface area (Å²) in [5, 5.41) is 7.72. The van der Waals surface area contributed by atoms with Crippen LogP contribution in [0.4, 0.5) is 5.69 Å². The zero-order valence-electron chi connectivity index (χ0n) is 17.0. The van der Waals surface area contributed by atoms with Gasteiger partial charge < -0.3 is 15.4 Å². The van der Waals surface area contributed by atoms with Crippen LogP contribution in [-0.2, 0) is 25.5 Å². The zero-order valence-corrected chi connectivity index (χ0v) is 17.0. The standard InChI is InChI=1S/C24H24N2O4/c1-16(21-9-5-7-19-6-3-4-8-22(19)21)25-23(28)15-30-24(29)14-18-10-12-20(13-11-18)26-17(2)27/h3-13,16H,14-15H2,1-2H3,(H,25,28)(H,26,27)/t16-/m0/s1. The minimum absolute atomic E-state index is 0.0481. The van der Waals surface area contributed by atoms with E-state index in [1.54, 1.807) is 24.3 Å². The fourth-order valence-electron chi connectivity index (χ4n) is 3.26. The number of nitrogens with one attached hydrogen (secondary N) is 2. The smallest absolute Gasteiger partial charge is 0.310 e. The van der Waals surface area contributed by atoms with E-state index in [4.69, 9.17) is 4.74 Å². The molecule has 0 spiro atoms. The Labute approximate surface area is 175 Å². The average Bonchev–Trinajstić information content (AvgIpc) is 2.73. The van der Waals surface area contributed by atoms with Gasteiger partial charge in [0.1, 0.15) is 0 Å². The summed E-state index contributed by atoms with van der Waals surface area (Å²) in [5.41, 5.74) is 2.40. The summed E-state index contributed by atoms with van der Waals surface area (Å²) in [6, 6.07) is 20.6. The van der Waals surface area contributed by atoms with Gasteiger partial charge in [0.15, 0.2) is 6.61 Å². The van der Waals surface area contributed by atoms with Gasteiger partial charge in [-0.05, 0) is 41.0 Å². The first-order valence-electron chi connectivity index (χ1n) is 9.71. The molecule has 0 aliphatic rings. The van der Waals surface area contributed by atoms with Crippen LogP contribution in [0.2, 0.25) is 0 Å². The topological polar surface area (TPSA) is 84.5 Å². The van der Waals surface area contributed by atoms with Crippen LogP contribution in [0.15, 0.2) is 66.7 Å². The van der Waals surface area contributed by atoms with Crippen LogP contribution in [0.3, 0.4) is 0 Å². The number of anilines is 1. The normalized spacial score (nSPS) is 11.5. The Morgan fingerprint density at radius 3 is 2.37 bits per heavy atom. The van der Waals surface area contributed by atoms with Crippen molar-refractivity contribution in [3.05, 3.63) is 77.9 Å². The van der Waals surface area contributed by atoms with Crippen molar-refractivity contribution in [2.45, 2.75) is 26.3 Å². The number of rotatable bonds is 7. The largest absolute Gasteiger partial charge is 0.455 e. The third kappa shape index (κ3) is 5.67. The first-order valence-corrected chi connectivity index (χ1v) is 9.71. The van der Waals surface area contributed by atoms with Crippen LogP contribution < -0.4 is 10.6 Å². The van der Waals surface area contributed by atoms with Gasteiger partial charge in [0.05, 0.1) is 12.5 Å².